The number of halogens is 2. The van der Waals surface area contributed by atoms with E-state index in [0.717, 1.165) is 3.57 Å². The first-order chi connectivity index (χ1) is 4.20. The maximum absolute atomic E-state index is 8.85. The summed E-state index contributed by atoms with van der Waals surface area (Å²) >= 11 is 7.74. The van der Waals surface area contributed by atoms with Gasteiger partial charge in [-0.25, -0.2) is 0 Å². The maximum atomic E-state index is 8.85. The minimum atomic E-state index is 0.209. The van der Waals surface area contributed by atoms with Gasteiger partial charge in [-0.05, 0) is 40.8 Å². The molecule has 0 heterocycles. The summed E-state index contributed by atoms with van der Waals surface area (Å²) in [6.45, 7) is 0. The Kier molecular flexibility index (Phi) is 2.18. The number of aromatic hydroxyl groups is 1. The van der Waals surface area contributed by atoms with Crippen molar-refractivity contribution in [2.75, 3.05) is 0 Å². The lowest BCUT2D eigenvalue weighted by molar-refractivity contribution is 0.475. The van der Waals surface area contributed by atoms with E-state index in [1.165, 1.54) is 6.07 Å². The largest absolute Gasteiger partial charge is 0.508 e. The Morgan fingerprint density at radius 1 is 1.44 bits per heavy atom. The number of hydrogen-bond donors (Lipinski definition) is 1. The molecule has 1 N–H and O–H groups in total. The van der Waals surface area contributed by atoms with Crippen LogP contribution >= 0.6 is 34.2 Å². The minimum Gasteiger partial charge on any atom is -0.508 e. The molecule has 0 amide bonds. The Morgan fingerprint density at radius 2 is 2.11 bits per heavy atom. The van der Waals surface area contributed by atoms with Crippen LogP contribution in [-0.4, -0.2) is 5.11 Å². The molecule has 0 fully saturated rings. The molecule has 0 aliphatic rings. The van der Waals surface area contributed by atoms with E-state index in [4.69, 9.17) is 16.7 Å². The average molecular weight is 254 g/mol. The molecule has 48 valence electrons. The summed E-state index contributed by atoms with van der Waals surface area (Å²) < 4.78 is 0.951. The lowest BCUT2D eigenvalue weighted by Crippen LogP contribution is -1.70. The molecule has 0 aliphatic heterocycles. The fourth-order valence-electron chi connectivity index (χ4n) is 0.485. The van der Waals surface area contributed by atoms with Crippen LogP contribution in [0.2, 0.25) is 5.02 Å². The number of phenolic OH excluding ortho intramolecular Hbond substituents is 1. The molecule has 1 aromatic rings. The van der Waals surface area contributed by atoms with E-state index in [2.05, 4.69) is 22.6 Å². The number of rotatable bonds is 0. The van der Waals surface area contributed by atoms with Crippen LogP contribution in [0.4, 0.5) is 0 Å². The molecule has 0 spiro atoms. The monoisotopic (exact) mass is 254 g/mol. The van der Waals surface area contributed by atoms with Crippen LogP contribution in [0.1, 0.15) is 0 Å². The van der Waals surface area contributed by atoms with Gasteiger partial charge < -0.3 is 5.11 Å². The van der Waals surface area contributed by atoms with Gasteiger partial charge in [0, 0.05) is 3.57 Å². The van der Waals surface area contributed by atoms with Gasteiger partial charge in [0.25, 0.3) is 0 Å². The van der Waals surface area contributed by atoms with Gasteiger partial charge in [-0.2, -0.15) is 0 Å². The molecule has 9 heavy (non-hydrogen) atoms. The van der Waals surface area contributed by atoms with Crippen LogP contribution in [0.3, 0.4) is 0 Å². The summed E-state index contributed by atoms with van der Waals surface area (Å²) in [7, 11) is 0. The van der Waals surface area contributed by atoms with Crippen molar-refractivity contribution in [1.82, 2.24) is 0 Å². The molecule has 3 heteroatoms. The third-order valence-corrected chi connectivity index (χ3v) is 2.48. The van der Waals surface area contributed by atoms with Crippen molar-refractivity contribution < 1.29 is 5.11 Å². The van der Waals surface area contributed by atoms with Gasteiger partial charge in [0.05, 0.1) is 5.02 Å². The third-order valence-electron chi connectivity index (χ3n) is 0.903. The Bertz CT molecular complexity index is 224. The van der Waals surface area contributed by atoms with Crippen molar-refractivity contribution in [2.45, 2.75) is 0 Å². The van der Waals surface area contributed by atoms with Gasteiger partial charge in [0.2, 0.25) is 0 Å². The molecule has 1 aromatic carbocycles. The highest BCUT2D eigenvalue weighted by Gasteiger charge is 1.94. The Balaban J connectivity index is 3.17. The Hall–Kier alpha value is 0.0400. The first-order valence-corrected chi connectivity index (χ1v) is 3.80. The molecule has 0 bridgehead atoms. The van der Waals surface area contributed by atoms with Crippen LogP contribution in [0.5, 0.6) is 5.75 Å². The standard InChI is InChI=1S/C6H4ClIO/c7-5-3-4(9)1-2-6(5)8/h1-3,9H. The van der Waals surface area contributed by atoms with E-state index < -0.39 is 0 Å². The molecule has 0 radical (unpaired) electrons. The van der Waals surface area contributed by atoms with Crippen molar-refractivity contribution in [1.29, 1.82) is 0 Å². The van der Waals surface area contributed by atoms with Crippen molar-refractivity contribution in [3.8, 4) is 5.75 Å². The fourth-order valence-corrected chi connectivity index (χ4v) is 0.995. The number of phenols is 1. The van der Waals surface area contributed by atoms with E-state index in [1.807, 2.05) is 0 Å². The van der Waals surface area contributed by atoms with Gasteiger partial charge in [-0.3, -0.25) is 0 Å². The number of hydrogen-bond acceptors (Lipinski definition) is 1. The van der Waals surface area contributed by atoms with Crippen molar-refractivity contribution in [2.24, 2.45) is 0 Å². The van der Waals surface area contributed by atoms with Gasteiger partial charge in [-0.1, -0.05) is 11.6 Å². The van der Waals surface area contributed by atoms with E-state index >= 15 is 0 Å². The van der Waals surface area contributed by atoms with E-state index in [-0.39, 0.29) is 5.75 Å². The average Bonchev–Trinajstić information content (AvgIpc) is 1.80. The van der Waals surface area contributed by atoms with Crippen LogP contribution < -0.4 is 0 Å². The molecule has 1 nitrogen and oxygen atoms in total. The Morgan fingerprint density at radius 3 is 2.56 bits per heavy atom. The predicted molar refractivity (Wildman–Crippen MR) is 45.8 cm³/mol. The molecule has 0 atom stereocenters. The molecular formula is C6H4ClIO. The molecule has 1 rings (SSSR count). The zero-order valence-electron chi connectivity index (χ0n) is 4.44. The highest BCUT2D eigenvalue weighted by atomic mass is 127. The highest BCUT2D eigenvalue weighted by Crippen LogP contribution is 2.22. The van der Waals surface area contributed by atoms with Crippen LogP contribution in [0, 0.1) is 3.57 Å². The molecule has 0 saturated heterocycles. The zero-order chi connectivity index (χ0) is 6.85. The van der Waals surface area contributed by atoms with Crippen molar-refractivity contribution >= 4 is 34.2 Å². The van der Waals surface area contributed by atoms with Crippen molar-refractivity contribution in [3.63, 3.8) is 0 Å². The predicted octanol–water partition coefficient (Wildman–Crippen LogP) is 2.65. The smallest absolute Gasteiger partial charge is 0.117 e. The first-order valence-electron chi connectivity index (χ1n) is 2.34. The number of benzene rings is 1. The highest BCUT2D eigenvalue weighted by molar-refractivity contribution is 14.1. The molecular weight excluding hydrogens is 250 g/mol. The van der Waals surface area contributed by atoms with Gasteiger partial charge >= 0.3 is 0 Å². The second-order valence-electron chi connectivity index (χ2n) is 1.60. The molecule has 0 aromatic heterocycles. The lowest BCUT2D eigenvalue weighted by Gasteiger charge is -1.93. The second kappa shape index (κ2) is 2.75. The van der Waals surface area contributed by atoms with Gasteiger partial charge in [-0.15, -0.1) is 0 Å². The quantitative estimate of drug-likeness (QED) is 0.706. The van der Waals surface area contributed by atoms with Crippen LogP contribution in [-0.2, 0) is 0 Å². The summed E-state index contributed by atoms with van der Waals surface area (Å²) in [4.78, 5) is 0. The topological polar surface area (TPSA) is 20.2 Å². The van der Waals surface area contributed by atoms with Crippen molar-refractivity contribution in [3.05, 3.63) is 26.8 Å². The molecule has 0 unspecified atom stereocenters. The summed E-state index contributed by atoms with van der Waals surface area (Å²) in [6.07, 6.45) is 0. The maximum Gasteiger partial charge on any atom is 0.117 e. The van der Waals surface area contributed by atoms with E-state index in [1.54, 1.807) is 12.1 Å². The molecule has 0 aliphatic carbocycles. The third kappa shape index (κ3) is 1.72. The van der Waals surface area contributed by atoms with Crippen LogP contribution in [0.15, 0.2) is 18.2 Å². The van der Waals surface area contributed by atoms with Crippen LogP contribution in [0.25, 0.3) is 0 Å². The summed E-state index contributed by atoms with van der Waals surface area (Å²) in [5.74, 6) is 0.209. The lowest BCUT2D eigenvalue weighted by atomic mass is 10.3. The summed E-state index contributed by atoms with van der Waals surface area (Å²) in [6, 6.07) is 4.88. The minimum absolute atomic E-state index is 0.209. The first kappa shape index (κ1) is 7.15. The van der Waals surface area contributed by atoms with E-state index in [0.29, 0.717) is 5.02 Å². The summed E-state index contributed by atoms with van der Waals surface area (Å²) in [5.41, 5.74) is 0. The fraction of sp³-hybridized carbons (Fsp3) is 0. The van der Waals surface area contributed by atoms with Gasteiger partial charge in [0.15, 0.2) is 0 Å². The van der Waals surface area contributed by atoms with Gasteiger partial charge in [0.1, 0.15) is 5.75 Å². The molecule has 0 saturated carbocycles. The second-order valence-corrected chi connectivity index (χ2v) is 3.17. The summed E-state index contributed by atoms with van der Waals surface area (Å²) in [5, 5.41) is 9.44. The Labute approximate surface area is 71.8 Å². The van der Waals surface area contributed by atoms with E-state index in [9.17, 15) is 0 Å². The SMILES string of the molecule is Oc1ccc(I)c(Cl)c1. The zero-order valence-corrected chi connectivity index (χ0v) is 7.35. The normalized spacial score (nSPS) is 9.56.